The Bertz CT molecular complexity index is 629. The summed E-state index contributed by atoms with van der Waals surface area (Å²) in [5.74, 6) is 0.00619. The van der Waals surface area contributed by atoms with Gasteiger partial charge in [0, 0.05) is 38.9 Å². The molecule has 0 spiro atoms. The van der Waals surface area contributed by atoms with Gasteiger partial charge >= 0.3 is 6.18 Å². The zero-order valence-electron chi connectivity index (χ0n) is 14.2. The van der Waals surface area contributed by atoms with Gasteiger partial charge in [-0.15, -0.1) is 11.8 Å². The molecule has 4 nitrogen and oxygen atoms in total. The first-order valence-electron chi connectivity index (χ1n) is 8.01. The van der Waals surface area contributed by atoms with E-state index in [1.807, 2.05) is 0 Å². The first-order valence-corrected chi connectivity index (χ1v) is 9.06. The number of amides is 2. The van der Waals surface area contributed by atoms with Crippen molar-refractivity contribution in [3.05, 3.63) is 35.4 Å². The van der Waals surface area contributed by atoms with Crippen molar-refractivity contribution in [3.8, 4) is 0 Å². The Morgan fingerprint density at radius 2 is 1.68 bits per heavy atom. The van der Waals surface area contributed by atoms with E-state index in [1.54, 1.807) is 22.8 Å². The van der Waals surface area contributed by atoms with Crippen molar-refractivity contribution in [3.63, 3.8) is 0 Å². The Morgan fingerprint density at radius 3 is 2.24 bits per heavy atom. The Morgan fingerprint density at radius 1 is 1.12 bits per heavy atom. The number of alkyl halides is 3. The van der Waals surface area contributed by atoms with Crippen molar-refractivity contribution in [1.82, 2.24) is 9.80 Å². The number of thioether (sulfide) groups is 1. The van der Waals surface area contributed by atoms with E-state index in [0.29, 0.717) is 26.2 Å². The Balaban J connectivity index is 1.92. The van der Waals surface area contributed by atoms with E-state index in [-0.39, 0.29) is 23.1 Å². The van der Waals surface area contributed by atoms with Gasteiger partial charge in [0.15, 0.2) is 0 Å². The summed E-state index contributed by atoms with van der Waals surface area (Å²) < 4.78 is 39.0. The largest absolute Gasteiger partial charge is 0.416 e. The first-order chi connectivity index (χ1) is 11.7. The van der Waals surface area contributed by atoms with Gasteiger partial charge in [0.1, 0.15) is 0 Å². The smallest absolute Gasteiger partial charge is 0.339 e. The summed E-state index contributed by atoms with van der Waals surface area (Å²) in [5, 5.41) is -0.440. The number of nitrogens with zero attached hydrogens (tertiary/aromatic N) is 2. The van der Waals surface area contributed by atoms with Crippen molar-refractivity contribution < 1.29 is 22.8 Å². The average molecular weight is 374 g/mol. The number of rotatable bonds is 4. The molecule has 1 saturated heterocycles. The maximum Gasteiger partial charge on any atom is 0.416 e. The number of hydrogen-bond acceptors (Lipinski definition) is 3. The Labute approximate surface area is 149 Å². The minimum atomic E-state index is -4.40. The van der Waals surface area contributed by atoms with E-state index >= 15 is 0 Å². The third kappa shape index (κ3) is 5.14. The number of benzene rings is 1. The fraction of sp³-hybridized carbons (Fsp3) is 0.529. The lowest BCUT2D eigenvalue weighted by Gasteiger charge is -2.35. The normalized spacial score (nSPS) is 16.7. The van der Waals surface area contributed by atoms with Crippen LogP contribution in [0, 0.1) is 0 Å². The van der Waals surface area contributed by atoms with Gasteiger partial charge in [0.05, 0.1) is 10.8 Å². The van der Waals surface area contributed by atoms with Gasteiger partial charge in [0.2, 0.25) is 11.8 Å². The molecule has 25 heavy (non-hydrogen) atoms. The lowest BCUT2D eigenvalue weighted by Crippen LogP contribution is -2.51. The van der Waals surface area contributed by atoms with Crippen molar-refractivity contribution >= 4 is 23.6 Å². The van der Waals surface area contributed by atoms with Crippen LogP contribution in [0.15, 0.2) is 24.3 Å². The van der Waals surface area contributed by atoms with Crippen LogP contribution >= 0.6 is 11.8 Å². The van der Waals surface area contributed by atoms with Crippen molar-refractivity contribution in [2.24, 2.45) is 0 Å². The second kappa shape index (κ2) is 8.12. The highest BCUT2D eigenvalue weighted by atomic mass is 32.2. The van der Waals surface area contributed by atoms with Crippen LogP contribution in [-0.2, 0) is 21.5 Å². The molecule has 138 valence electrons. The molecule has 2 amide bonds. The standard InChI is InChI=1S/C17H21F3N2O2S/c1-12(16(24)22-9-7-21(8-10-22)13(2)23)25-11-14-5-3-4-6-15(14)17(18,19)20/h3-6,12H,7-11H2,1-2H3. The maximum atomic E-state index is 13.0. The van der Waals surface area contributed by atoms with E-state index in [9.17, 15) is 22.8 Å². The third-order valence-corrected chi connectivity index (χ3v) is 5.38. The van der Waals surface area contributed by atoms with E-state index < -0.39 is 17.0 Å². The van der Waals surface area contributed by atoms with Crippen LogP contribution in [0.4, 0.5) is 13.2 Å². The minimum absolute atomic E-state index is 0.0155. The van der Waals surface area contributed by atoms with Gasteiger partial charge < -0.3 is 9.80 Å². The van der Waals surface area contributed by atoms with Crippen LogP contribution in [0.1, 0.15) is 25.0 Å². The first kappa shape index (κ1) is 19.6. The number of piperazine rings is 1. The molecule has 1 aliphatic rings. The van der Waals surface area contributed by atoms with Crippen molar-refractivity contribution in [1.29, 1.82) is 0 Å². The third-order valence-electron chi connectivity index (χ3n) is 4.20. The molecule has 2 rings (SSSR count). The maximum absolute atomic E-state index is 13.0. The molecule has 1 aromatic rings. The molecule has 0 aliphatic carbocycles. The molecular weight excluding hydrogens is 353 g/mol. The summed E-state index contributed by atoms with van der Waals surface area (Å²) >= 11 is 1.20. The van der Waals surface area contributed by atoms with Crippen LogP contribution in [0.2, 0.25) is 0 Å². The summed E-state index contributed by atoms with van der Waals surface area (Å²) in [5.41, 5.74) is -0.474. The molecule has 0 aromatic heterocycles. The van der Waals surface area contributed by atoms with Crippen LogP contribution in [-0.4, -0.2) is 53.0 Å². The Hall–Kier alpha value is -1.70. The predicted molar refractivity (Wildman–Crippen MR) is 91.0 cm³/mol. The second-order valence-electron chi connectivity index (χ2n) is 5.94. The van der Waals surface area contributed by atoms with E-state index in [4.69, 9.17) is 0 Å². The van der Waals surface area contributed by atoms with Gasteiger partial charge in [-0.2, -0.15) is 13.2 Å². The van der Waals surface area contributed by atoms with Crippen LogP contribution in [0.25, 0.3) is 0 Å². The molecule has 1 unspecified atom stereocenters. The quantitative estimate of drug-likeness (QED) is 0.814. The van der Waals surface area contributed by atoms with Crippen LogP contribution < -0.4 is 0 Å². The summed E-state index contributed by atoms with van der Waals surface area (Å²) in [4.78, 5) is 27.1. The van der Waals surface area contributed by atoms with E-state index in [1.165, 1.54) is 30.8 Å². The van der Waals surface area contributed by atoms with Crippen LogP contribution in [0.5, 0.6) is 0 Å². The van der Waals surface area contributed by atoms with Gasteiger partial charge in [-0.3, -0.25) is 9.59 Å². The lowest BCUT2D eigenvalue weighted by molar-refractivity contribution is -0.138. The fourth-order valence-corrected chi connectivity index (χ4v) is 3.68. The number of carbonyl (C=O) groups is 2. The lowest BCUT2D eigenvalue weighted by atomic mass is 10.1. The molecule has 1 heterocycles. The molecule has 8 heteroatoms. The average Bonchev–Trinajstić information content (AvgIpc) is 2.58. The summed E-state index contributed by atoms with van der Waals surface area (Å²) in [6, 6.07) is 5.43. The van der Waals surface area contributed by atoms with Gasteiger partial charge in [-0.1, -0.05) is 18.2 Å². The Kier molecular flexibility index (Phi) is 6.37. The monoisotopic (exact) mass is 374 g/mol. The SMILES string of the molecule is CC(=O)N1CCN(C(=O)C(C)SCc2ccccc2C(F)(F)F)CC1. The highest BCUT2D eigenvalue weighted by Gasteiger charge is 2.33. The van der Waals surface area contributed by atoms with Gasteiger partial charge in [-0.05, 0) is 18.6 Å². The molecular formula is C17H21F3N2O2S. The highest BCUT2D eigenvalue weighted by Crippen LogP contribution is 2.34. The zero-order valence-corrected chi connectivity index (χ0v) is 15.0. The van der Waals surface area contributed by atoms with Crippen molar-refractivity contribution in [2.75, 3.05) is 26.2 Å². The molecule has 1 aliphatic heterocycles. The number of halogens is 3. The minimum Gasteiger partial charge on any atom is -0.339 e. The van der Waals surface area contributed by atoms with E-state index in [2.05, 4.69) is 0 Å². The zero-order chi connectivity index (χ0) is 18.6. The van der Waals surface area contributed by atoms with E-state index in [0.717, 1.165) is 6.07 Å². The molecule has 0 radical (unpaired) electrons. The number of carbonyl (C=O) groups excluding carboxylic acids is 2. The summed E-state index contributed by atoms with van der Waals surface area (Å²) in [7, 11) is 0. The summed E-state index contributed by atoms with van der Waals surface area (Å²) in [6.07, 6.45) is -4.40. The molecule has 1 fully saturated rings. The molecule has 0 saturated carbocycles. The number of hydrogen-bond donors (Lipinski definition) is 0. The second-order valence-corrected chi connectivity index (χ2v) is 7.27. The van der Waals surface area contributed by atoms with Gasteiger partial charge in [0.25, 0.3) is 0 Å². The summed E-state index contributed by atoms with van der Waals surface area (Å²) in [6.45, 7) is 5.12. The fourth-order valence-electron chi connectivity index (χ4n) is 2.71. The predicted octanol–water partition coefficient (Wildman–Crippen LogP) is 3.02. The van der Waals surface area contributed by atoms with Crippen molar-refractivity contribution in [2.45, 2.75) is 31.0 Å². The molecule has 1 atom stereocenters. The van der Waals surface area contributed by atoms with Gasteiger partial charge in [-0.25, -0.2) is 0 Å². The molecule has 0 N–H and O–H groups in total. The molecule has 0 bridgehead atoms. The van der Waals surface area contributed by atoms with Crippen LogP contribution in [0.3, 0.4) is 0 Å². The highest BCUT2D eigenvalue weighted by molar-refractivity contribution is 7.99. The topological polar surface area (TPSA) is 40.6 Å². The molecule has 1 aromatic carbocycles.